The molecular formula is C17H23BrN4O2. The van der Waals surface area contributed by atoms with E-state index in [9.17, 15) is 9.59 Å². The number of nitrogens with zero attached hydrogens (tertiary/aromatic N) is 3. The van der Waals surface area contributed by atoms with Crippen molar-refractivity contribution in [2.24, 2.45) is 0 Å². The van der Waals surface area contributed by atoms with Gasteiger partial charge in [-0.05, 0) is 55.4 Å². The highest BCUT2D eigenvalue weighted by molar-refractivity contribution is 9.10. The molecule has 130 valence electrons. The fourth-order valence-electron chi connectivity index (χ4n) is 2.38. The second-order valence-electron chi connectivity index (χ2n) is 6.76. The van der Waals surface area contributed by atoms with Gasteiger partial charge in [0, 0.05) is 28.8 Å². The molecule has 0 saturated carbocycles. The number of halogens is 1. The Morgan fingerprint density at radius 3 is 2.71 bits per heavy atom. The smallest absolute Gasteiger partial charge is 0.258 e. The van der Waals surface area contributed by atoms with Gasteiger partial charge in [0.2, 0.25) is 5.91 Å². The van der Waals surface area contributed by atoms with Gasteiger partial charge in [0.1, 0.15) is 5.65 Å². The Kier molecular flexibility index (Phi) is 5.77. The van der Waals surface area contributed by atoms with Gasteiger partial charge in [-0.15, -0.1) is 0 Å². The Hall–Kier alpha value is -1.73. The van der Waals surface area contributed by atoms with Crippen LogP contribution in [0.3, 0.4) is 0 Å². The quantitative estimate of drug-likeness (QED) is 0.843. The lowest BCUT2D eigenvalue weighted by atomic mass is 10.1. The van der Waals surface area contributed by atoms with Crippen LogP contribution in [0.25, 0.3) is 5.65 Å². The van der Waals surface area contributed by atoms with Crippen molar-refractivity contribution in [3.63, 3.8) is 0 Å². The first kappa shape index (κ1) is 18.6. The molecule has 0 spiro atoms. The van der Waals surface area contributed by atoms with Gasteiger partial charge in [-0.25, -0.2) is 4.98 Å². The van der Waals surface area contributed by atoms with Crippen molar-refractivity contribution < 1.29 is 4.79 Å². The normalized spacial score (nSPS) is 11.9. The van der Waals surface area contributed by atoms with Crippen LogP contribution < -0.4 is 10.9 Å². The lowest BCUT2D eigenvalue weighted by molar-refractivity contribution is -0.123. The molecule has 0 saturated heterocycles. The largest absolute Gasteiger partial charge is 0.350 e. The summed E-state index contributed by atoms with van der Waals surface area (Å²) >= 11 is 3.35. The van der Waals surface area contributed by atoms with Crippen molar-refractivity contribution in [3.05, 3.63) is 44.9 Å². The molecule has 2 heterocycles. The van der Waals surface area contributed by atoms with Gasteiger partial charge in [0.15, 0.2) is 0 Å². The highest BCUT2D eigenvalue weighted by atomic mass is 79.9. The van der Waals surface area contributed by atoms with E-state index in [1.165, 1.54) is 10.5 Å². The zero-order valence-electron chi connectivity index (χ0n) is 14.5. The maximum absolute atomic E-state index is 12.2. The molecule has 1 N–H and O–H groups in total. The van der Waals surface area contributed by atoms with E-state index in [0.717, 1.165) is 4.47 Å². The Labute approximate surface area is 150 Å². The minimum absolute atomic E-state index is 0.0363. The second-order valence-corrected chi connectivity index (χ2v) is 7.68. The number of carbonyl (C=O) groups excluding carboxylic acids is 1. The molecule has 0 bridgehead atoms. The van der Waals surface area contributed by atoms with Crippen molar-refractivity contribution in [1.82, 2.24) is 19.6 Å². The number of hydrogen-bond acceptors (Lipinski definition) is 4. The van der Waals surface area contributed by atoms with Crippen LogP contribution in [0.2, 0.25) is 0 Å². The predicted molar refractivity (Wildman–Crippen MR) is 98.0 cm³/mol. The maximum atomic E-state index is 12.2. The topological polar surface area (TPSA) is 66.7 Å². The fourth-order valence-corrected chi connectivity index (χ4v) is 2.71. The van der Waals surface area contributed by atoms with Crippen LogP contribution in [0.1, 0.15) is 33.4 Å². The van der Waals surface area contributed by atoms with Gasteiger partial charge in [-0.1, -0.05) is 6.92 Å². The third-order valence-electron chi connectivity index (χ3n) is 3.39. The number of likely N-dealkylation sites (N-methyl/N-ethyl adjacent to an activating group) is 1. The first-order valence-electron chi connectivity index (χ1n) is 7.89. The summed E-state index contributed by atoms with van der Waals surface area (Å²) in [6.45, 7) is 9.25. The molecule has 0 aliphatic heterocycles. The summed E-state index contributed by atoms with van der Waals surface area (Å²) in [6.07, 6.45) is 1.70. The number of amides is 1. The van der Waals surface area contributed by atoms with Crippen LogP contribution in [-0.2, 0) is 11.3 Å². The molecule has 0 aliphatic rings. The summed E-state index contributed by atoms with van der Waals surface area (Å²) in [6, 6.07) is 5.15. The van der Waals surface area contributed by atoms with Gasteiger partial charge in [-0.3, -0.25) is 18.9 Å². The molecule has 0 fully saturated rings. The molecule has 6 nitrogen and oxygen atoms in total. The summed E-state index contributed by atoms with van der Waals surface area (Å²) in [7, 11) is 0. The van der Waals surface area contributed by atoms with Crippen molar-refractivity contribution >= 4 is 27.5 Å². The fraction of sp³-hybridized carbons (Fsp3) is 0.471. The minimum atomic E-state index is -0.260. The predicted octanol–water partition coefficient (Wildman–Crippen LogP) is 2.19. The van der Waals surface area contributed by atoms with Crippen LogP contribution in [-0.4, -0.2) is 38.8 Å². The first-order valence-corrected chi connectivity index (χ1v) is 8.68. The Bertz CT molecular complexity index is 795. The second kappa shape index (κ2) is 7.44. The van der Waals surface area contributed by atoms with Crippen molar-refractivity contribution in [2.45, 2.75) is 39.8 Å². The van der Waals surface area contributed by atoms with E-state index in [1.54, 1.807) is 12.3 Å². The third kappa shape index (κ3) is 5.14. The summed E-state index contributed by atoms with van der Waals surface area (Å²) < 4.78 is 2.32. The molecule has 0 radical (unpaired) electrons. The van der Waals surface area contributed by atoms with Crippen LogP contribution in [0.15, 0.2) is 33.7 Å². The Balaban J connectivity index is 2.16. The molecular weight excluding hydrogens is 372 g/mol. The van der Waals surface area contributed by atoms with E-state index in [0.29, 0.717) is 24.4 Å². The summed E-state index contributed by atoms with van der Waals surface area (Å²) in [4.78, 5) is 30.8. The molecule has 0 unspecified atom stereocenters. The molecule has 0 atom stereocenters. The monoisotopic (exact) mass is 394 g/mol. The highest BCUT2D eigenvalue weighted by Gasteiger charge is 2.17. The Morgan fingerprint density at radius 2 is 2.08 bits per heavy atom. The van der Waals surface area contributed by atoms with E-state index < -0.39 is 0 Å². The van der Waals surface area contributed by atoms with Gasteiger partial charge in [-0.2, -0.15) is 0 Å². The molecule has 2 rings (SSSR count). The SMILES string of the molecule is CCN(CC(=O)NC(C)(C)C)Cc1cc(=O)n2cc(Br)ccc2n1. The summed E-state index contributed by atoms with van der Waals surface area (Å²) in [5, 5.41) is 2.94. The Morgan fingerprint density at radius 1 is 1.38 bits per heavy atom. The van der Waals surface area contributed by atoms with E-state index in [1.807, 2.05) is 38.7 Å². The molecule has 2 aromatic heterocycles. The maximum Gasteiger partial charge on any atom is 0.258 e. The molecule has 7 heteroatoms. The number of hydrogen-bond donors (Lipinski definition) is 1. The summed E-state index contributed by atoms with van der Waals surface area (Å²) in [5.74, 6) is -0.0363. The lowest BCUT2D eigenvalue weighted by Gasteiger charge is -2.24. The molecule has 2 aromatic rings. The first-order chi connectivity index (χ1) is 11.2. The summed E-state index contributed by atoms with van der Waals surface area (Å²) in [5.41, 5.74) is 0.860. The number of rotatable bonds is 5. The standard InChI is InChI=1S/C17H23BrN4O2/c1-5-21(11-15(23)20-17(2,3)4)10-13-8-16(24)22-9-12(18)6-7-14(22)19-13/h6-9H,5,10-11H2,1-4H3,(H,20,23). The average molecular weight is 395 g/mol. The van der Waals surface area contributed by atoms with Crippen LogP contribution >= 0.6 is 15.9 Å². The van der Waals surface area contributed by atoms with Gasteiger partial charge < -0.3 is 5.32 Å². The van der Waals surface area contributed by atoms with E-state index >= 15 is 0 Å². The average Bonchev–Trinajstić information content (AvgIpc) is 2.45. The van der Waals surface area contributed by atoms with Crippen molar-refractivity contribution in [3.8, 4) is 0 Å². The zero-order valence-corrected chi connectivity index (χ0v) is 16.1. The molecule has 1 amide bonds. The molecule has 0 aromatic carbocycles. The number of pyridine rings is 1. The lowest BCUT2D eigenvalue weighted by Crippen LogP contribution is -2.45. The van der Waals surface area contributed by atoms with Crippen LogP contribution in [0.5, 0.6) is 0 Å². The van der Waals surface area contributed by atoms with Crippen LogP contribution in [0.4, 0.5) is 0 Å². The van der Waals surface area contributed by atoms with Gasteiger partial charge in [0.25, 0.3) is 5.56 Å². The van der Waals surface area contributed by atoms with Gasteiger partial charge in [0.05, 0.1) is 12.2 Å². The van der Waals surface area contributed by atoms with Crippen molar-refractivity contribution in [1.29, 1.82) is 0 Å². The van der Waals surface area contributed by atoms with E-state index in [2.05, 4.69) is 26.2 Å². The van der Waals surface area contributed by atoms with E-state index in [-0.39, 0.29) is 23.6 Å². The van der Waals surface area contributed by atoms with Crippen LogP contribution in [0, 0.1) is 0 Å². The van der Waals surface area contributed by atoms with Crippen molar-refractivity contribution in [2.75, 3.05) is 13.1 Å². The third-order valence-corrected chi connectivity index (χ3v) is 3.86. The van der Waals surface area contributed by atoms with E-state index in [4.69, 9.17) is 0 Å². The number of nitrogens with one attached hydrogen (secondary N) is 1. The minimum Gasteiger partial charge on any atom is -0.350 e. The number of fused-ring (bicyclic) bond motifs is 1. The zero-order chi connectivity index (χ0) is 17.9. The molecule has 0 aliphatic carbocycles. The number of carbonyl (C=O) groups is 1. The molecule has 24 heavy (non-hydrogen) atoms. The van der Waals surface area contributed by atoms with Gasteiger partial charge >= 0.3 is 0 Å². The highest BCUT2D eigenvalue weighted by Crippen LogP contribution is 2.10. The number of aromatic nitrogens is 2.